The zero-order chi connectivity index (χ0) is 13.0. The first kappa shape index (κ1) is 13.9. The quantitative estimate of drug-likeness (QED) is 0.852. The van der Waals surface area contributed by atoms with Crippen molar-refractivity contribution in [3.63, 3.8) is 0 Å². The van der Waals surface area contributed by atoms with Gasteiger partial charge >= 0.3 is 0 Å². The van der Waals surface area contributed by atoms with Crippen molar-refractivity contribution in [3.8, 4) is 0 Å². The number of aryl methyl sites for hydroxylation is 1. The van der Waals surface area contributed by atoms with Crippen LogP contribution in [0.3, 0.4) is 0 Å². The number of benzene rings is 1. The molecule has 0 spiro atoms. The number of carbonyl (C=O) groups is 1. The second-order valence-electron chi connectivity index (χ2n) is 4.09. The number of nitrogens with two attached hydrogens (primary N) is 2. The molecule has 4 N–H and O–H groups in total. The van der Waals surface area contributed by atoms with Gasteiger partial charge in [-0.05, 0) is 37.0 Å². The van der Waals surface area contributed by atoms with Crippen molar-refractivity contribution in [2.24, 2.45) is 11.5 Å². The fraction of sp³-hybridized carbons (Fsp3) is 0.417. The molecule has 0 aliphatic rings. The molecule has 0 saturated carbocycles. The van der Waals surface area contributed by atoms with Gasteiger partial charge in [0.25, 0.3) is 0 Å². The van der Waals surface area contributed by atoms with E-state index < -0.39 is 0 Å². The van der Waals surface area contributed by atoms with Crippen molar-refractivity contribution in [1.29, 1.82) is 0 Å². The summed E-state index contributed by atoms with van der Waals surface area (Å²) < 4.78 is 13.2. The predicted molar refractivity (Wildman–Crippen MR) is 66.1 cm³/mol. The highest BCUT2D eigenvalue weighted by molar-refractivity contribution is 6.31. The van der Waals surface area contributed by atoms with Crippen LogP contribution in [0, 0.1) is 12.7 Å². The number of primary amides is 1. The molecule has 5 heteroatoms. The first-order chi connectivity index (χ1) is 7.91. The van der Waals surface area contributed by atoms with E-state index in [-0.39, 0.29) is 17.8 Å². The third-order valence-corrected chi connectivity index (χ3v) is 2.94. The molecule has 0 fully saturated rings. The molecule has 1 atom stereocenters. The van der Waals surface area contributed by atoms with Crippen molar-refractivity contribution in [2.75, 3.05) is 0 Å². The van der Waals surface area contributed by atoms with Crippen molar-refractivity contribution < 1.29 is 9.18 Å². The van der Waals surface area contributed by atoms with Gasteiger partial charge in [-0.15, -0.1) is 0 Å². The Morgan fingerprint density at radius 2 is 2.18 bits per heavy atom. The van der Waals surface area contributed by atoms with Crippen molar-refractivity contribution >= 4 is 17.5 Å². The van der Waals surface area contributed by atoms with E-state index in [4.69, 9.17) is 23.1 Å². The molecule has 0 aliphatic heterocycles. The number of amides is 1. The van der Waals surface area contributed by atoms with E-state index in [9.17, 15) is 9.18 Å². The van der Waals surface area contributed by atoms with Gasteiger partial charge < -0.3 is 11.5 Å². The van der Waals surface area contributed by atoms with Crippen LogP contribution in [0.4, 0.5) is 4.39 Å². The normalized spacial score (nSPS) is 12.5. The average molecular weight is 259 g/mol. The standard InChI is InChI=1S/C12H16ClFN2O/c1-7-5-8(9(13)6-10(7)14)11(15)3-2-4-12(16)17/h5-6,11H,2-4,15H2,1H3,(H2,16,17). The molecule has 0 aliphatic carbocycles. The fourth-order valence-corrected chi connectivity index (χ4v) is 1.91. The summed E-state index contributed by atoms with van der Waals surface area (Å²) >= 11 is 5.93. The second-order valence-corrected chi connectivity index (χ2v) is 4.50. The molecule has 1 aromatic carbocycles. The van der Waals surface area contributed by atoms with Gasteiger partial charge in [0, 0.05) is 17.5 Å². The SMILES string of the molecule is Cc1cc(C(N)CCCC(N)=O)c(Cl)cc1F. The number of hydrogen-bond donors (Lipinski definition) is 2. The topological polar surface area (TPSA) is 69.1 Å². The molecule has 1 rings (SSSR count). The van der Waals surface area contributed by atoms with E-state index in [1.807, 2.05) is 0 Å². The van der Waals surface area contributed by atoms with E-state index in [1.54, 1.807) is 13.0 Å². The Hall–Kier alpha value is -1.13. The van der Waals surface area contributed by atoms with E-state index in [0.29, 0.717) is 35.4 Å². The highest BCUT2D eigenvalue weighted by atomic mass is 35.5. The van der Waals surface area contributed by atoms with Gasteiger partial charge in [0.2, 0.25) is 5.91 Å². The molecule has 0 aromatic heterocycles. The molecule has 1 unspecified atom stereocenters. The third-order valence-electron chi connectivity index (χ3n) is 2.62. The van der Waals surface area contributed by atoms with E-state index >= 15 is 0 Å². The molecule has 1 amide bonds. The first-order valence-corrected chi connectivity index (χ1v) is 5.79. The highest BCUT2D eigenvalue weighted by Gasteiger charge is 2.13. The zero-order valence-corrected chi connectivity index (χ0v) is 10.4. The summed E-state index contributed by atoms with van der Waals surface area (Å²) in [4.78, 5) is 10.6. The lowest BCUT2D eigenvalue weighted by Gasteiger charge is -2.14. The van der Waals surface area contributed by atoms with Gasteiger partial charge in [-0.1, -0.05) is 17.7 Å². The third kappa shape index (κ3) is 3.98. The summed E-state index contributed by atoms with van der Waals surface area (Å²) in [6.45, 7) is 1.66. The lowest BCUT2D eigenvalue weighted by Crippen LogP contribution is -2.14. The number of hydrogen-bond acceptors (Lipinski definition) is 2. The minimum absolute atomic E-state index is 0.297. The molecule has 0 heterocycles. The maximum Gasteiger partial charge on any atom is 0.217 e. The van der Waals surface area contributed by atoms with Crippen LogP contribution >= 0.6 is 11.6 Å². The monoisotopic (exact) mass is 258 g/mol. The Morgan fingerprint density at radius 1 is 1.53 bits per heavy atom. The molecule has 0 bridgehead atoms. The van der Waals surface area contributed by atoms with Gasteiger partial charge in [0.15, 0.2) is 0 Å². The van der Waals surface area contributed by atoms with Crippen molar-refractivity contribution in [2.45, 2.75) is 32.2 Å². The van der Waals surface area contributed by atoms with Gasteiger partial charge in [-0.25, -0.2) is 4.39 Å². The summed E-state index contributed by atoms with van der Waals surface area (Å²) in [5.41, 5.74) is 12.2. The van der Waals surface area contributed by atoms with E-state index in [2.05, 4.69) is 0 Å². The Kier molecular flexibility index (Phi) is 4.90. The lowest BCUT2D eigenvalue weighted by molar-refractivity contribution is -0.118. The molecular formula is C12H16ClFN2O. The van der Waals surface area contributed by atoms with E-state index in [1.165, 1.54) is 6.07 Å². The largest absolute Gasteiger partial charge is 0.370 e. The van der Waals surface area contributed by atoms with Crippen LogP contribution in [-0.2, 0) is 4.79 Å². The minimum atomic E-state index is -0.349. The summed E-state index contributed by atoms with van der Waals surface area (Å²) in [6.07, 6.45) is 1.49. The first-order valence-electron chi connectivity index (χ1n) is 5.41. The van der Waals surface area contributed by atoms with Crippen LogP contribution in [0.25, 0.3) is 0 Å². The Bertz CT molecular complexity index is 423. The highest BCUT2D eigenvalue weighted by Crippen LogP contribution is 2.27. The molecule has 94 valence electrons. The molecule has 3 nitrogen and oxygen atoms in total. The molecule has 0 saturated heterocycles. The minimum Gasteiger partial charge on any atom is -0.370 e. The Labute approximate surface area is 105 Å². The summed E-state index contributed by atoms with van der Waals surface area (Å²) in [5.74, 6) is -0.693. The Morgan fingerprint density at radius 3 is 2.76 bits per heavy atom. The summed E-state index contributed by atoms with van der Waals surface area (Å²) in [7, 11) is 0. The molecule has 0 radical (unpaired) electrons. The molecule has 17 heavy (non-hydrogen) atoms. The fourth-order valence-electron chi connectivity index (χ4n) is 1.62. The lowest BCUT2D eigenvalue weighted by atomic mass is 10.00. The van der Waals surface area contributed by atoms with Crippen LogP contribution in [0.1, 0.15) is 36.4 Å². The van der Waals surface area contributed by atoms with Crippen LogP contribution in [0.15, 0.2) is 12.1 Å². The molecular weight excluding hydrogens is 243 g/mol. The van der Waals surface area contributed by atoms with Crippen molar-refractivity contribution in [3.05, 3.63) is 34.1 Å². The van der Waals surface area contributed by atoms with Crippen LogP contribution in [-0.4, -0.2) is 5.91 Å². The summed E-state index contributed by atoms with van der Waals surface area (Å²) in [6, 6.07) is 2.61. The van der Waals surface area contributed by atoms with Gasteiger partial charge in [-0.2, -0.15) is 0 Å². The smallest absolute Gasteiger partial charge is 0.217 e. The van der Waals surface area contributed by atoms with Crippen molar-refractivity contribution in [1.82, 2.24) is 0 Å². The predicted octanol–water partition coefficient (Wildman–Crippen LogP) is 2.44. The number of carbonyl (C=O) groups excluding carboxylic acids is 1. The molecule has 1 aromatic rings. The second kappa shape index (κ2) is 5.98. The maximum absolute atomic E-state index is 13.2. The van der Waals surface area contributed by atoms with Gasteiger partial charge in [0.05, 0.1) is 0 Å². The van der Waals surface area contributed by atoms with Crippen LogP contribution < -0.4 is 11.5 Å². The average Bonchev–Trinajstić information content (AvgIpc) is 2.22. The maximum atomic E-state index is 13.2. The number of halogens is 2. The van der Waals surface area contributed by atoms with Crippen LogP contribution in [0.5, 0.6) is 0 Å². The van der Waals surface area contributed by atoms with Gasteiger partial charge in [0.1, 0.15) is 5.82 Å². The Balaban J connectivity index is 2.71. The zero-order valence-electron chi connectivity index (χ0n) is 9.67. The summed E-state index contributed by atoms with van der Waals surface area (Å²) in [5, 5.41) is 0.319. The number of rotatable bonds is 5. The van der Waals surface area contributed by atoms with E-state index in [0.717, 1.165) is 0 Å². The van der Waals surface area contributed by atoms with Gasteiger partial charge in [-0.3, -0.25) is 4.79 Å². The van der Waals surface area contributed by atoms with Crippen LogP contribution in [0.2, 0.25) is 5.02 Å².